The van der Waals surface area contributed by atoms with E-state index in [1.165, 1.54) is 0 Å². The number of aliphatic hydroxyl groups is 1. The summed E-state index contributed by atoms with van der Waals surface area (Å²) in [6, 6.07) is 23.1. The minimum absolute atomic E-state index is 0.115. The zero-order valence-electron chi connectivity index (χ0n) is 18.1. The van der Waals surface area contributed by atoms with Gasteiger partial charge in [-0.1, -0.05) is 77.8 Å². The third-order valence-electron chi connectivity index (χ3n) is 5.22. The van der Waals surface area contributed by atoms with Crippen molar-refractivity contribution in [3.63, 3.8) is 0 Å². The van der Waals surface area contributed by atoms with Crippen LogP contribution in [-0.2, 0) is 29.0 Å². The molecular weight excluding hydrogens is 459 g/mol. The Bertz CT molecular complexity index is 1040. The minimum atomic E-state index is -0.755. The number of amides is 2. The quantitative estimate of drug-likeness (QED) is 0.451. The number of carbonyl (C=O) groups excluding carboxylic acids is 2. The average molecular weight is 485 g/mol. The molecule has 0 spiro atoms. The summed E-state index contributed by atoms with van der Waals surface area (Å²) in [6.45, 7) is 0.178. The van der Waals surface area contributed by atoms with Gasteiger partial charge in [0, 0.05) is 29.6 Å². The summed E-state index contributed by atoms with van der Waals surface area (Å²) in [5.74, 6) is -0.501. The van der Waals surface area contributed by atoms with E-state index < -0.39 is 6.04 Å². The lowest BCUT2D eigenvalue weighted by atomic mass is 10.0. The molecule has 0 fully saturated rings. The van der Waals surface area contributed by atoms with Gasteiger partial charge < -0.3 is 15.3 Å². The average Bonchev–Trinajstić information content (AvgIpc) is 2.83. The Balaban J connectivity index is 1.93. The van der Waals surface area contributed by atoms with Gasteiger partial charge in [-0.25, -0.2) is 0 Å². The van der Waals surface area contributed by atoms with Gasteiger partial charge in [-0.3, -0.25) is 9.59 Å². The molecule has 0 aliphatic rings. The Kier molecular flexibility index (Phi) is 9.31. The van der Waals surface area contributed by atoms with Crippen molar-refractivity contribution >= 4 is 35.0 Å². The molecule has 0 aliphatic heterocycles. The second-order valence-electron chi connectivity index (χ2n) is 7.67. The molecule has 0 radical (unpaired) electrons. The van der Waals surface area contributed by atoms with Crippen molar-refractivity contribution in [2.75, 3.05) is 13.2 Å². The summed E-state index contributed by atoms with van der Waals surface area (Å²) in [7, 11) is 0. The molecule has 33 heavy (non-hydrogen) atoms. The van der Waals surface area contributed by atoms with Crippen LogP contribution in [0.15, 0.2) is 78.9 Å². The van der Waals surface area contributed by atoms with E-state index in [0.717, 1.165) is 16.7 Å². The largest absolute Gasteiger partial charge is 0.395 e. The summed E-state index contributed by atoms with van der Waals surface area (Å²) in [5, 5.41) is 13.1. The van der Waals surface area contributed by atoms with E-state index in [9.17, 15) is 14.7 Å². The Labute approximate surface area is 203 Å². The van der Waals surface area contributed by atoms with Crippen LogP contribution in [0.25, 0.3) is 0 Å². The van der Waals surface area contributed by atoms with Crippen molar-refractivity contribution in [1.82, 2.24) is 10.2 Å². The fourth-order valence-electron chi connectivity index (χ4n) is 3.52. The van der Waals surface area contributed by atoms with E-state index in [2.05, 4.69) is 5.32 Å². The van der Waals surface area contributed by atoms with Gasteiger partial charge in [0.15, 0.2) is 0 Å². The van der Waals surface area contributed by atoms with Gasteiger partial charge >= 0.3 is 0 Å². The maximum absolute atomic E-state index is 13.5. The summed E-state index contributed by atoms with van der Waals surface area (Å²) < 4.78 is 0. The van der Waals surface area contributed by atoms with Crippen LogP contribution in [0.2, 0.25) is 10.0 Å². The molecular formula is C26H26Cl2N2O3. The number of carbonyl (C=O) groups is 2. The normalized spacial score (nSPS) is 11.6. The Hall–Kier alpha value is -2.86. The predicted molar refractivity (Wildman–Crippen MR) is 131 cm³/mol. The lowest BCUT2D eigenvalue weighted by Gasteiger charge is -2.31. The molecule has 3 aromatic rings. The fraction of sp³-hybridized carbons (Fsp3) is 0.231. The third kappa shape index (κ3) is 7.60. The van der Waals surface area contributed by atoms with Crippen molar-refractivity contribution in [3.05, 3.63) is 106 Å². The van der Waals surface area contributed by atoms with Crippen molar-refractivity contribution in [3.8, 4) is 0 Å². The second kappa shape index (κ2) is 12.4. The van der Waals surface area contributed by atoms with Gasteiger partial charge in [0.25, 0.3) is 0 Å². The maximum Gasteiger partial charge on any atom is 0.243 e. The van der Waals surface area contributed by atoms with Crippen molar-refractivity contribution in [2.24, 2.45) is 0 Å². The van der Waals surface area contributed by atoms with E-state index >= 15 is 0 Å². The Morgan fingerprint density at radius 1 is 0.818 bits per heavy atom. The summed E-state index contributed by atoms with van der Waals surface area (Å²) in [5.41, 5.74) is 2.60. The van der Waals surface area contributed by atoms with Gasteiger partial charge in [-0.05, 0) is 41.0 Å². The highest BCUT2D eigenvalue weighted by Gasteiger charge is 2.30. The summed E-state index contributed by atoms with van der Waals surface area (Å²) in [6.07, 6.45) is 0.474. The number of nitrogens with zero attached hydrogens (tertiary/aromatic N) is 1. The molecule has 0 saturated carbocycles. The zero-order valence-corrected chi connectivity index (χ0v) is 19.6. The molecule has 1 atom stereocenters. The predicted octanol–water partition coefficient (Wildman–Crippen LogP) is 4.28. The smallest absolute Gasteiger partial charge is 0.243 e. The third-order valence-corrected chi connectivity index (χ3v) is 5.72. The van der Waals surface area contributed by atoms with E-state index in [4.69, 9.17) is 23.2 Å². The second-order valence-corrected chi connectivity index (χ2v) is 8.54. The van der Waals surface area contributed by atoms with E-state index in [-0.39, 0.29) is 37.9 Å². The molecule has 1 unspecified atom stereocenters. The van der Waals surface area contributed by atoms with Crippen molar-refractivity contribution < 1.29 is 14.7 Å². The molecule has 0 bridgehead atoms. The molecule has 2 N–H and O–H groups in total. The molecule has 0 aliphatic carbocycles. The van der Waals surface area contributed by atoms with Crippen LogP contribution in [0.3, 0.4) is 0 Å². The number of halogens is 2. The molecule has 0 aromatic heterocycles. The van der Waals surface area contributed by atoms with Crippen molar-refractivity contribution in [1.29, 1.82) is 0 Å². The first-order valence-electron chi connectivity index (χ1n) is 10.7. The lowest BCUT2D eigenvalue weighted by molar-refractivity contribution is -0.140. The standard InChI is InChI=1S/C26H26Cl2N2O3/c27-22-10-6-20(7-11-22)17-25(32)30(18-21-8-12-23(28)13-9-21)24(26(33)29-14-15-31)16-19-4-2-1-3-5-19/h1-13,24,31H,14-18H2,(H,29,33). The molecule has 172 valence electrons. The molecule has 3 aromatic carbocycles. The highest BCUT2D eigenvalue weighted by Crippen LogP contribution is 2.19. The maximum atomic E-state index is 13.5. The van der Waals surface area contributed by atoms with E-state index in [1.54, 1.807) is 41.3 Å². The number of hydrogen-bond donors (Lipinski definition) is 2. The molecule has 0 heterocycles. The first-order valence-corrected chi connectivity index (χ1v) is 11.4. The van der Waals surface area contributed by atoms with Gasteiger partial charge in [0.1, 0.15) is 6.04 Å². The summed E-state index contributed by atoms with van der Waals surface area (Å²) in [4.78, 5) is 28.3. The van der Waals surface area contributed by atoms with Gasteiger partial charge in [0.05, 0.1) is 13.0 Å². The molecule has 5 nitrogen and oxygen atoms in total. The van der Waals surface area contributed by atoms with Crippen LogP contribution in [0.1, 0.15) is 16.7 Å². The van der Waals surface area contributed by atoms with Crippen LogP contribution >= 0.6 is 23.2 Å². The lowest BCUT2D eigenvalue weighted by Crippen LogP contribution is -2.51. The van der Waals surface area contributed by atoms with Crippen LogP contribution in [0.5, 0.6) is 0 Å². The molecule has 0 saturated heterocycles. The van der Waals surface area contributed by atoms with Gasteiger partial charge in [-0.15, -0.1) is 0 Å². The van der Waals surface area contributed by atoms with Gasteiger partial charge in [-0.2, -0.15) is 0 Å². The first-order chi connectivity index (χ1) is 16.0. The highest BCUT2D eigenvalue weighted by molar-refractivity contribution is 6.30. The zero-order chi connectivity index (χ0) is 23.6. The number of rotatable bonds is 10. The number of hydrogen-bond acceptors (Lipinski definition) is 3. The monoisotopic (exact) mass is 484 g/mol. The summed E-state index contributed by atoms with van der Waals surface area (Å²) >= 11 is 12.0. The van der Waals surface area contributed by atoms with E-state index in [1.807, 2.05) is 42.5 Å². The van der Waals surface area contributed by atoms with E-state index in [0.29, 0.717) is 16.5 Å². The highest BCUT2D eigenvalue weighted by atomic mass is 35.5. The van der Waals surface area contributed by atoms with Crippen LogP contribution < -0.4 is 5.32 Å². The Morgan fingerprint density at radius 2 is 1.39 bits per heavy atom. The first kappa shape index (κ1) is 24.8. The van der Waals surface area contributed by atoms with Crippen LogP contribution in [0, 0.1) is 0 Å². The van der Waals surface area contributed by atoms with Crippen molar-refractivity contribution in [2.45, 2.75) is 25.4 Å². The number of benzene rings is 3. The minimum Gasteiger partial charge on any atom is -0.395 e. The topological polar surface area (TPSA) is 69.6 Å². The Morgan fingerprint density at radius 3 is 1.97 bits per heavy atom. The number of nitrogens with one attached hydrogen (secondary N) is 1. The SMILES string of the molecule is O=C(NCCO)C(Cc1ccccc1)N(Cc1ccc(Cl)cc1)C(=O)Cc1ccc(Cl)cc1. The van der Waals surface area contributed by atoms with Crippen LogP contribution in [-0.4, -0.2) is 41.0 Å². The fourth-order valence-corrected chi connectivity index (χ4v) is 3.77. The van der Waals surface area contributed by atoms with Gasteiger partial charge in [0.2, 0.25) is 11.8 Å². The molecule has 2 amide bonds. The number of aliphatic hydroxyl groups excluding tert-OH is 1. The van der Waals surface area contributed by atoms with Crippen LogP contribution in [0.4, 0.5) is 0 Å². The molecule has 3 rings (SSSR count). The molecule has 7 heteroatoms.